The van der Waals surface area contributed by atoms with Crippen molar-refractivity contribution in [2.75, 3.05) is 13.1 Å². The van der Waals surface area contributed by atoms with E-state index in [0.29, 0.717) is 17.7 Å². The number of fused-ring (bicyclic) bond motifs is 2. The highest BCUT2D eigenvalue weighted by molar-refractivity contribution is 7.09. The molecule has 2 atom stereocenters. The number of nitrogens with one attached hydrogen (secondary N) is 1. The number of likely N-dealkylation sites (tertiary alicyclic amines) is 1. The van der Waals surface area contributed by atoms with Crippen molar-refractivity contribution in [3.8, 4) is 0 Å². The van der Waals surface area contributed by atoms with Crippen molar-refractivity contribution in [1.29, 1.82) is 0 Å². The molecule has 2 aliphatic rings. The van der Waals surface area contributed by atoms with Crippen LogP contribution in [0.3, 0.4) is 0 Å². The molecule has 0 unspecified atom stereocenters. The van der Waals surface area contributed by atoms with Gasteiger partial charge in [0, 0.05) is 43.5 Å². The normalized spacial score (nSPS) is 23.3. The number of aromatic nitrogens is 3. The zero-order valence-electron chi connectivity index (χ0n) is 14.1. The van der Waals surface area contributed by atoms with Crippen LogP contribution in [-0.4, -0.2) is 44.7 Å². The van der Waals surface area contributed by atoms with Gasteiger partial charge < -0.3 is 9.88 Å². The SMILES string of the molecule is CC(C)NC(=O)c1nnc2n1C[C@@H]1CN(Cc3cccs3)C[C@@H]1C2. The summed E-state index contributed by atoms with van der Waals surface area (Å²) in [6.45, 7) is 8.01. The molecule has 4 rings (SSSR count). The fourth-order valence-electron chi connectivity index (χ4n) is 3.87. The number of nitrogens with zero attached hydrogens (tertiary/aromatic N) is 4. The van der Waals surface area contributed by atoms with Gasteiger partial charge in [-0.05, 0) is 37.1 Å². The van der Waals surface area contributed by atoms with Crippen molar-refractivity contribution in [2.45, 2.75) is 39.4 Å². The van der Waals surface area contributed by atoms with Crippen LogP contribution in [0.1, 0.15) is 35.2 Å². The van der Waals surface area contributed by atoms with Crippen molar-refractivity contribution in [1.82, 2.24) is 25.0 Å². The van der Waals surface area contributed by atoms with Crippen LogP contribution < -0.4 is 5.32 Å². The van der Waals surface area contributed by atoms with E-state index in [0.717, 1.165) is 38.4 Å². The minimum absolute atomic E-state index is 0.106. The molecule has 128 valence electrons. The molecule has 7 heteroatoms. The monoisotopic (exact) mass is 345 g/mol. The smallest absolute Gasteiger partial charge is 0.289 e. The average Bonchev–Trinajstić information content (AvgIpc) is 3.22. The molecule has 1 fully saturated rings. The molecule has 2 aromatic heterocycles. The lowest BCUT2D eigenvalue weighted by molar-refractivity contribution is 0.0924. The number of carbonyl (C=O) groups is 1. The summed E-state index contributed by atoms with van der Waals surface area (Å²) in [5.41, 5.74) is 0. The van der Waals surface area contributed by atoms with Crippen LogP contribution in [-0.2, 0) is 19.5 Å². The van der Waals surface area contributed by atoms with Crippen LogP contribution in [0.5, 0.6) is 0 Å². The van der Waals surface area contributed by atoms with Crippen LogP contribution >= 0.6 is 11.3 Å². The lowest BCUT2D eigenvalue weighted by Gasteiger charge is -2.25. The number of rotatable bonds is 4. The first kappa shape index (κ1) is 15.8. The van der Waals surface area contributed by atoms with Gasteiger partial charge in [-0.15, -0.1) is 21.5 Å². The predicted octanol–water partition coefficient (Wildman–Crippen LogP) is 1.78. The lowest BCUT2D eigenvalue weighted by atomic mass is 9.89. The third-order valence-electron chi connectivity index (χ3n) is 4.92. The van der Waals surface area contributed by atoms with Gasteiger partial charge in [0.2, 0.25) is 5.82 Å². The van der Waals surface area contributed by atoms with Gasteiger partial charge in [0.05, 0.1) is 0 Å². The summed E-state index contributed by atoms with van der Waals surface area (Å²) in [5, 5.41) is 13.5. The van der Waals surface area contributed by atoms with Gasteiger partial charge in [-0.25, -0.2) is 0 Å². The molecule has 0 bridgehead atoms. The van der Waals surface area contributed by atoms with Gasteiger partial charge in [-0.3, -0.25) is 9.69 Å². The topological polar surface area (TPSA) is 63.1 Å². The van der Waals surface area contributed by atoms with Crippen molar-refractivity contribution < 1.29 is 4.79 Å². The molecule has 2 aliphatic heterocycles. The molecule has 0 saturated carbocycles. The van der Waals surface area contributed by atoms with Crippen molar-refractivity contribution in [3.63, 3.8) is 0 Å². The summed E-state index contributed by atoms with van der Waals surface area (Å²) in [5.74, 6) is 2.52. The predicted molar refractivity (Wildman–Crippen MR) is 92.9 cm³/mol. The van der Waals surface area contributed by atoms with E-state index in [4.69, 9.17) is 0 Å². The standard InChI is InChI=1S/C17H23N5OS/c1-11(2)18-17(23)16-20-19-15-6-12-7-21(8-13(12)9-22(15)16)10-14-4-3-5-24-14/h3-5,11-13H,6-10H2,1-2H3,(H,18,23)/t12-,13-/m0/s1. The zero-order chi connectivity index (χ0) is 16.7. The number of hydrogen-bond acceptors (Lipinski definition) is 5. The Balaban J connectivity index is 1.46. The van der Waals surface area contributed by atoms with Crippen LogP contribution in [0.2, 0.25) is 0 Å². The third kappa shape index (κ3) is 2.98. The quantitative estimate of drug-likeness (QED) is 0.917. The first-order valence-electron chi connectivity index (χ1n) is 8.58. The molecule has 2 aromatic rings. The van der Waals surface area contributed by atoms with E-state index in [1.807, 2.05) is 29.8 Å². The fourth-order valence-corrected chi connectivity index (χ4v) is 4.61. The molecule has 4 heterocycles. The Bertz CT molecular complexity index is 723. The molecule has 6 nitrogen and oxygen atoms in total. The Hall–Kier alpha value is -1.73. The van der Waals surface area contributed by atoms with E-state index < -0.39 is 0 Å². The first-order chi connectivity index (χ1) is 11.6. The molecule has 1 saturated heterocycles. The maximum Gasteiger partial charge on any atom is 0.289 e. The maximum atomic E-state index is 12.3. The van der Waals surface area contributed by atoms with Crippen LogP contribution in [0.4, 0.5) is 0 Å². The second kappa shape index (κ2) is 6.29. The summed E-state index contributed by atoms with van der Waals surface area (Å²) in [6.07, 6.45) is 0.924. The van der Waals surface area contributed by atoms with Crippen LogP contribution in [0.15, 0.2) is 17.5 Å². The molecule has 0 spiro atoms. The Morgan fingerprint density at radius 2 is 2.17 bits per heavy atom. The van der Waals surface area contributed by atoms with Gasteiger partial charge in [-0.1, -0.05) is 6.07 Å². The highest BCUT2D eigenvalue weighted by Gasteiger charge is 2.39. The third-order valence-corrected chi connectivity index (χ3v) is 5.78. The Kier molecular flexibility index (Phi) is 4.14. The summed E-state index contributed by atoms with van der Waals surface area (Å²) < 4.78 is 2.04. The molecule has 0 aliphatic carbocycles. The largest absolute Gasteiger partial charge is 0.347 e. The molecule has 1 N–H and O–H groups in total. The number of thiophene rings is 1. The van der Waals surface area contributed by atoms with Gasteiger partial charge in [0.25, 0.3) is 5.91 Å². The van der Waals surface area contributed by atoms with Crippen LogP contribution in [0, 0.1) is 11.8 Å². The summed E-state index contributed by atoms with van der Waals surface area (Å²) in [4.78, 5) is 16.3. The highest BCUT2D eigenvalue weighted by atomic mass is 32.1. The van der Waals surface area contributed by atoms with E-state index in [1.165, 1.54) is 4.88 Å². The van der Waals surface area contributed by atoms with Gasteiger partial charge in [-0.2, -0.15) is 0 Å². The first-order valence-corrected chi connectivity index (χ1v) is 9.46. The number of hydrogen-bond donors (Lipinski definition) is 1. The molecular weight excluding hydrogens is 322 g/mol. The molecule has 24 heavy (non-hydrogen) atoms. The van der Waals surface area contributed by atoms with Gasteiger partial charge in [0.1, 0.15) is 5.82 Å². The van der Waals surface area contributed by atoms with Gasteiger partial charge in [0.15, 0.2) is 0 Å². The van der Waals surface area contributed by atoms with Crippen molar-refractivity contribution in [2.24, 2.45) is 11.8 Å². The Labute approximate surface area is 145 Å². The second-order valence-electron chi connectivity index (χ2n) is 7.18. The highest BCUT2D eigenvalue weighted by Crippen LogP contribution is 2.33. The molecule has 0 aromatic carbocycles. The van der Waals surface area contributed by atoms with E-state index in [1.54, 1.807) is 0 Å². The van der Waals surface area contributed by atoms with E-state index in [2.05, 4.69) is 37.9 Å². The number of carbonyl (C=O) groups excluding carboxylic acids is 1. The van der Waals surface area contributed by atoms with E-state index in [-0.39, 0.29) is 11.9 Å². The summed E-state index contributed by atoms with van der Waals surface area (Å²) in [6, 6.07) is 4.43. The molecular formula is C17H23N5OS. The minimum Gasteiger partial charge on any atom is -0.347 e. The zero-order valence-corrected chi connectivity index (χ0v) is 14.9. The molecule has 1 amide bonds. The van der Waals surface area contributed by atoms with E-state index in [9.17, 15) is 4.79 Å². The maximum absolute atomic E-state index is 12.3. The molecule has 0 radical (unpaired) electrons. The lowest BCUT2D eigenvalue weighted by Crippen LogP contribution is -2.35. The van der Waals surface area contributed by atoms with Crippen LogP contribution in [0.25, 0.3) is 0 Å². The Morgan fingerprint density at radius 1 is 1.33 bits per heavy atom. The van der Waals surface area contributed by atoms with Crippen molar-refractivity contribution in [3.05, 3.63) is 34.0 Å². The Morgan fingerprint density at radius 3 is 2.92 bits per heavy atom. The number of amides is 1. The minimum atomic E-state index is -0.115. The second-order valence-corrected chi connectivity index (χ2v) is 8.21. The van der Waals surface area contributed by atoms with Gasteiger partial charge >= 0.3 is 0 Å². The fraction of sp³-hybridized carbons (Fsp3) is 0.588. The average molecular weight is 345 g/mol. The van der Waals surface area contributed by atoms with E-state index >= 15 is 0 Å². The summed E-state index contributed by atoms with van der Waals surface area (Å²) in [7, 11) is 0. The summed E-state index contributed by atoms with van der Waals surface area (Å²) >= 11 is 1.82. The van der Waals surface area contributed by atoms with Crippen molar-refractivity contribution >= 4 is 17.2 Å².